The van der Waals surface area contributed by atoms with E-state index in [1.165, 1.54) is 36.8 Å². The molecule has 0 radical (unpaired) electrons. The minimum Gasteiger partial charge on any atom is -0.354 e. The molecule has 0 aromatic heterocycles. The van der Waals surface area contributed by atoms with Gasteiger partial charge in [0, 0.05) is 18.0 Å². The van der Waals surface area contributed by atoms with E-state index in [4.69, 9.17) is 5.73 Å². The Labute approximate surface area is 133 Å². The molecule has 1 aromatic rings. The Morgan fingerprint density at radius 2 is 1.82 bits per heavy atom. The molecule has 2 aliphatic rings. The maximum atomic E-state index is 12.5. The zero-order valence-corrected chi connectivity index (χ0v) is 13.4. The van der Waals surface area contributed by atoms with E-state index in [0.717, 1.165) is 32.1 Å². The van der Waals surface area contributed by atoms with E-state index in [9.17, 15) is 4.79 Å². The average Bonchev–Trinajstić information content (AvgIpc) is 2.77. The Hall–Kier alpha value is -1.35. The number of nitrogens with two attached hydrogens (primary N) is 1. The third kappa shape index (κ3) is 3.70. The number of hydrogen-bond acceptors (Lipinski definition) is 2. The minimum absolute atomic E-state index is 0.115. The molecular weight excluding hydrogens is 272 g/mol. The highest BCUT2D eigenvalue weighted by atomic mass is 16.1. The van der Waals surface area contributed by atoms with E-state index in [0.29, 0.717) is 6.54 Å². The summed E-state index contributed by atoms with van der Waals surface area (Å²) in [7, 11) is 0. The van der Waals surface area contributed by atoms with Gasteiger partial charge < -0.3 is 11.1 Å². The van der Waals surface area contributed by atoms with Crippen molar-refractivity contribution < 1.29 is 4.79 Å². The first-order valence-corrected chi connectivity index (χ1v) is 8.80. The van der Waals surface area contributed by atoms with Crippen LogP contribution in [0.3, 0.4) is 0 Å². The number of hydrogen-bond donors (Lipinski definition) is 2. The number of carbonyl (C=O) groups excluding carboxylic acids is 1. The third-order valence-electron chi connectivity index (χ3n) is 5.43. The van der Waals surface area contributed by atoms with Gasteiger partial charge in [0.2, 0.25) is 5.91 Å². The number of fused-ring (bicyclic) bond motifs is 1. The number of carbonyl (C=O) groups is 1. The van der Waals surface area contributed by atoms with E-state index in [-0.39, 0.29) is 17.4 Å². The van der Waals surface area contributed by atoms with Crippen molar-refractivity contribution >= 4 is 5.91 Å². The van der Waals surface area contributed by atoms with Gasteiger partial charge in [0.15, 0.2) is 0 Å². The Kier molecular flexibility index (Phi) is 4.82. The lowest BCUT2D eigenvalue weighted by Crippen LogP contribution is -2.51. The first-order chi connectivity index (χ1) is 10.7. The number of benzene rings is 1. The normalized spacial score (nSPS) is 24.1. The highest BCUT2D eigenvalue weighted by Crippen LogP contribution is 2.27. The largest absolute Gasteiger partial charge is 0.354 e. The smallest absolute Gasteiger partial charge is 0.223 e. The van der Waals surface area contributed by atoms with Crippen LogP contribution in [0.5, 0.6) is 0 Å². The van der Waals surface area contributed by atoms with Gasteiger partial charge in [-0.25, -0.2) is 0 Å². The van der Waals surface area contributed by atoms with Gasteiger partial charge in [-0.1, -0.05) is 49.9 Å². The Morgan fingerprint density at radius 1 is 1.14 bits per heavy atom. The van der Waals surface area contributed by atoms with Crippen LogP contribution in [-0.4, -0.2) is 18.0 Å². The SMILES string of the molecule is NC1(CNC(=O)C2CCc3ccccc3C2)CCCCCC1. The summed E-state index contributed by atoms with van der Waals surface area (Å²) in [5, 5.41) is 3.16. The number of rotatable bonds is 3. The Morgan fingerprint density at radius 3 is 2.55 bits per heavy atom. The topological polar surface area (TPSA) is 55.1 Å². The van der Waals surface area contributed by atoms with E-state index < -0.39 is 0 Å². The zero-order chi connectivity index (χ0) is 15.4. The lowest BCUT2D eigenvalue weighted by atomic mass is 9.83. The lowest BCUT2D eigenvalue weighted by molar-refractivity contribution is -0.125. The minimum atomic E-state index is -0.182. The van der Waals surface area contributed by atoms with E-state index >= 15 is 0 Å². The molecule has 1 fully saturated rings. The summed E-state index contributed by atoms with van der Waals surface area (Å²) in [4.78, 5) is 12.5. The first-order valence-electron chi connectivity index (χ1n) is 8.80. The summed E-state index contributed by atoms with van der Waals surface area (Å²) in [5.41, 5.74) is 9.06. The predicted octanol–water partition coefficient (Wildman–Crippen LogP) is 2.96. The summed E-state index contributed by atoms with van der Waals surface area (Å²) in [5.74, 6) is 0.313. The molecule has 1 atom stereocenters. The van der Waals surface area contributed by atoms with Gasteiger partial charge in [0.25, 0.3) is 0 Å². The molecule has 2 aliphatic carbocycles. The van der Waals surface area contributed by atoms with Gasteiger partial charge in [-0.2, -0.15) is 0 Å². The lowest BCUT2D eigenvalue weighted by Gasteiger charge is -2.30. The zero-order valence-electron chi connectivity index (χ0n) is 13.4. The third-order valence-corrected chi connectivity index (χ3v) is 5.43. The fraction of sp³-hybridized carbons (Fsp3) is 0.632. The molecule has 22 heavy (non-hydrogen) atoms. The molecule has 120 valence electrons. The molecule has 3 N–H and O–H groups in total. The molecule has 3 heteroatoms. The molecule has 0 heterocycles. The van der Waals surface area contributed by atoms with Crippen LogP contribution < -0.4 is 11.1 Å². The van der Waals surface area contributed by atoms with Crippen LogP contribution in [0.2, 0.25) is 0 Å². The van der Waals surface area contributed by atoms with Crippen LogP contribution in [0.1, 0.15) is 56.1 Å². The second kappa shape index (κ2) is 6.82. The standard InChI is InChI=1S/C19H28N2O/c20-19(11-5-1-2-6-12-19)14-21-18(22)17-10-9-15-7-3-4-8-16(15)13-17/h3-4,7-8,17H,1-2,5-6,9-14,20H2,(H,21,22). The summed E-state index contributed by atoms with van der Waals surface area (Å²) in [6.45, 7) is 0.643. The fourth-order valence-electron chi connectivity index (χ4n) is 3.94. The predicted molar refractivity (Wildman–Crippen MR) is 89.6 cm³/mol. The molecule has 1 saturated carbocycles. The van der Waals surface area contributed by atoms with Crippen molar-refractivity contribution in [1.82, 2.24) is 5.32 Å². The monoisotopic (exact) mass is 300 g/mol. The van der Waals surface area contributed by atoms with Crippen LogP contribution in [0, 0.1) is 5.92 Å². The Bertz CT molecular complexity index is 518. The number of nitrogens with one attached hydrogen (secondary N) is 1. The molecule has 1 amide bonds. The van der Waals surface area contributed by atoms with Crippen LogP contribution in [-0.2, 0) is 17.6 Å². The second-order valence-corrected chi connectivity index (χ2v) is 7.20. The van der Waals surface area contributed by atoms with Gasteiger partial charge in [-0.05, 0) is 43.2 Å². The fourth-order valence-corrected chi connectivity index (χ4v) is 3.94. The van der Waals surface area contributed by atoms with Crippen molar-refractivity contribution in [3.63, 3.8) is 0 Å². The first kappa shape index (κ1) is 15.5. The summed E-state index contributed by atoms with van der Waals surface area (Å²) in [6.07, 6.45) is 9.90. The summed E-state index contributed by atoms with van der Waals surface area (Å²) < 4.78 is 0. The van der Waals surface area contributed by atoms with Crippen molar-refractivity contribution in [3.8, 4) is 0 Å². The molecule has 3 nitrogen and oxygen atoms in total. The molecule has 3 rings (SSSR count). The van der Waals surface area contributed by atoms with Gasteiger partial charge in [0.1, 0.15) is 0 Å². The number of amides is 1. The average molecular weight is 300 g/mol. The van der Waals surface area contributed by atoms with Gasteiger partial charge in [0.05, 0.1) is 0 Å². The van der Waals surface area contributed by atoms with E-state index in [2.05, 4.69) is 29.6 Å². The molecule has 1 aromatic carbocycles. The molecule has 0 aliphatic heterocycles. The maximum Gasteiger partial charge on any atom is 0.223 e. The second-order valence-electron chi connectivity index (χ2n) is 7.20. The van der Waals surface area contributed by atoms with Crippen molar-refractivity contribution in [2.45, 2.75) is 63.3 Å². The van der Waals surface area contributed by atoms with Crippen molar-refractivity contribution in [2.24, 2.45) is 11.7 Å². The van der Waals surface area contributed by atoms with Crippen LogP contribution >= 0.6 is 0 Å². The Balaban J connectivity index is 1.54. The van der Waals surface area contributed by atoms with E-state index in [1.807, 2.05) is 0 Å². The van der Waals surface area contributed by atoms with Crippen molar-refractivity contribution in [2.75, 3.05) is 6.54 Å². The highest BCUT2D eigenvalue weighted by molar-refractivity contribution is 5.79. The summed E-state index contributed by atoms with van der Waals surface area (Å²) in [6, 6.07) is 8.50. The molecule has 0 bridgehead atoms. The van der Waals surface area contributed by atoms with Crippen molar-refractivity contribution in [1.29, 1.82) is 0 Å². The molecule has 0 spiro atoms. The quantitative estimate of drug-likeness (QED) is 0.843. The van der Waals surface area contributed by atoms with E-state index in [1.54, 1.807) is 0 Å². The molecule has 0 saturated heterocycles. The molecular formula is C19H28N2O. The van der Waals surface area contributed by atoms with Gasteiger partial charge >= 0.3 is 0 Å². The van der Waals surface area contributed by atoms with Crippen LogP contribution in [0.4, 0.5) is 0 Å². The van der Waals surface area contributed by atoms with Crippen LogP contribution in [0.25, 0.3) is 0 Å². The summed E-state index contributed by atoms with van der Waals surface area (Å²) >= 11 is 0. The highest BCUT2D eigenvalue weighted by Gasteiger charge is 2.29. The van der Waals surface area contributed by atoms with Crippen LogP contribution in [0.15, 0.2) is 24.3 Å². The van der Waals surface area contributed by atoms with Crippen molar-refractivity contribution in [3.05, 3.63) is 35.4 Å². The van der Waals surface area contributed by atoms with Gasteiger partial charge in [-0.15, -0.1) is 0 Å². The molecule has 1 unspecified atom stereocenters. The van der Waals surface area contributed by atoms with Gasteiger partial charge in [-0.3, -0.25) is 4.79 Å². The number of aryl methyl sites for hydroxylation is 1. The maximum absolute atomic E-state index is 12.5.